The van der Waals surface area contributed by atoms with Crippen molar-refractivity contribution >= 4 is 23.4 Å². The van der Waals surface area contributed by atoms with Gasteiger partial charge in [-0.1, -0.05) is 0 Å². The molecular weight excluding hydrogens is 426 g/mol. The average molecular weight is 450 g/mol. The monoisotopic (exact) mass is 449 g/mol. The predicted octanol–water partition coefficient (Wildman–Crippen LogP) is 4.77. The minimum Gasteiger partial charge on any atom is -0.497 e. The summed E-state index contributed by atoms with van der Waals surface area (Å²) >= 11 is 1.37. The second kappa shape index (κ2) is 11.1. The predicted molar refractivity (Wildman–Crippen MR) is 124 cm³/mol. The number of rotatable bonds is 9. The number of carbonyl (C=O) groups excluding carboxylic acids is 1. The fourth-order valence-electron chi connectivity index (χ4n) is 2.90. The Labute approximate surface area is 191 Å². The fourth-order valence-corrected chi connectivity index (χ4v) is 3.81. The number of pyridine rings is 1. The molecule has 0 saturated heterocycles. The van der Waals surface area contributed by atoms with Gasteiger partial charge in [0.25, 0.3) is 0 Å². The van der Waals surface area contributed by atoms with Gasteiger partial charge in [0.05, 0.1) is 32.6 Å². The van der Waals surface area contributed by atoms with Gasteiger partial charge in [0.1, 0.15) is 28.3 Å². The van der Waals surface area contributed by atoms with Gasteiger partial charge in [-0.2, -0.15) is 5.26 Å². The van der Waals surface area contributed by atoms with Crippen LogP contribution in [0.4, 0.5) is 5.69 Å². The molecule has 0 aliphatic carbocycles. The van der Waals surface area contributed by atoms with Crippen LogP contribution >= 0.6 is 11.8 Å². The van der Waals surface area contributed by atoms with Crippen molar-refractivity contribution < 1.29 is 19.0 Å². The largest absolute Gasteiger partial charge is 0.497 e. The topological polar surface area (TPSA) is 93.5 Å². The molecule has 32 heavy (non-hydrogen) atoms. The molecular formula is C24H23N3O4S. The van der Waals surface area contributed by atoms with E-state index in [9.17, 15) is 10.1 Å². The molecule has 0 atom stereocenters. The highest BCUT2D eigenvalue weighted by atomic mass is 32.2. The number of anilines is 1. The molecule has 0 bridgehead atoms. The Balaban J connectivity index is 1.64. The van der Waals surface area contributed by atoms with E-state index in [1.807, 2.05) is 30.3 Å². The summed E-state index contributed by atoms with van der Waals surface area (Å²) in [6.07, 6.45) is 0.253. The van der Waals surface area contributed by atoms with Crippen LogP contribution in [0.15, 0.2) is 59.6 Å². The molecule has 3 aromatic rings. The number of nitrogens with one attached hydrogen (secondary N) is 1. The highest BCUT2D eigenvalue weighted by molar-refractivity contribution is 7.99. The van der Waals surface area contributed by atoms with Gasteiger partial charge in [0, 0.05) is 41.6 Å². The van der Waals surface area contributed by atoms with E-state index in [1.165, 1.54) is 11.8 Å². The van der Waals surface area contributed by atoms with Crippen molar-refractivity contribution in [1.29, 1.82) is 5.26 Å². The lowest BCUT2D eigenvalue weighted by Crippen LogP contribution is -2.12. The molecule has 0 spiro atoms. The van der Waals surface area contributed by atoms with Crippen LogP contribution in [0, 0.1) is 11.3 Å². The van der Waals surface area contributed by atoms with E-state index in [1.54, 1.807) is 45.6 Å². The molecule has 2 aromatic carbocycles. The van der Waals surface area contributed by atoms with E-state index in [0.29, 0.717) is 33.5 Å². The lowest BCUT2D eigenvalue weighted by Gasteiger charge is -2.10. The molecule has 0 radical (unpaired) electrons. The Bertz CT molecular complexity index is 1100. The van der Waals surface area contributed by atoms with Crippen LogP contribution in [0.1, 0.15) is 12.0 Å². The number of thioether (sulfide) groups is 1. The van der Waals surface area contributed by atoms with Gasteiger partial charge in [-0.15, -0.1) is 11.8 Å². The zero-order valence-corrected chi connectivity index (χ0v) is 18.9. The second-order valence-electron chi connectivity index (χ2n) is 6.64. The Hall–Kier alpha value is -3.70. The lowest BCUT2D eigenvalue weighted by atomic mass is 10.1. The Morgan fingerprint density at radius 3 is 2.22 bits per heavy atom. The maximum Gasteiger partial charge on any atom is 0.225 e. The summed E-state index contributed by atoms with van der Waals surface area (Å²) in [5.41, 5.74) is 2.74. The minimum absolute atomic E-state index is 0.155. The number of hydrogen-bond acceptors (Lipinski definition) is 7. The van der Waals surface area contributed by atoms with Crippen LogP contribution in [-0.4, -0.2) is 38.0 Å². The van der Waals surface area contributed by atoms with Crippen LogP contribution < -0.4 is 19.5 Å². The summed E-state index contributed by atoms with van der Waals surface area (Å²) in [4.78, 5) is 17.0. The third-order valence-electron chi connectivity index (χ3n) is 4.57. The summed E-state index contributed by atoms with van der Waals surface area (Å²) in [5, 5.41) is 12.9. The van der Waals surface area contributed by atoms with Gasteiger partial charge in [0.15, 0.2) is 0 Å². The molecule has 1 aromatic heterocycles. The van der Waals surface area contributed by atoms with Crippen molar-refractivity contribution in [1.82, 2.24) is 4.98 Å². The normalized spacial score (nSPS) is 10.2. The SMILES string of the molecule is COc1ccc(-c2ccc(C#N)c(SCCC(=O)Nc3cc(OC)cc(OC)c3)n2)cc1. The van der Waals surface area contributed by atoms with Gasteiger partial charge < -0.3 is 19.5 Å². The summed E-state index contributed by atoms with van der Waals surface area (Å²) in [7, 11) is 4.72. The van der Waals surface area contributed by atoms with Gasteiger partial charge in [-0.05, 0) is 36.4 Å². The van der Waals surface area contributed by atoms with E-state index in [-0.39, 0.29) is 12.3 Å². The van der Waals surface area contributed by atoms with E-state index in [0.717, 1.165) is 17.0 Å². The molecule has 8 heteroatoms. The van der Waals surface area contributed by atoms with Crippen molar-refractivity contribution in [3.8, 4) is 34.6 Å². The van der Waals surface area contributed by atoms with Gasteiger partial charge in [-0.25, -0.2) is 4.98 Å². The molecule has 0 saturated carbocycles. The molecule has 1 amide bonds. The summed E-state index contributed by atoms with van der Waals surface area (Å²) in [6.45, 7) is 0. The first kappa shape index (κ1) is 23.0. The third-order valence-corrected chi connectivity index (χ3v) is 5.56. The summed E-state index contributed by atoms with van der Waals surface area (Å²) in [6, 6.07) is 18.5. The smallest absolute Gasteiger partial charge is 0.225 e. The number of ether oxygens (including phenoxy) is 3. The van der Waals surface area contributed by atoms with Crippen LogP contribution in [-0.2, 0) is 4.79 Å². The highest BCUT2D eigenvalue weighted by Gasteiger charge is 2.11. The Kier molecular flexibility index (Phi) is 7.95. The van der Waals surface area contributed by atoms with Gasteiger partial charge >= 0.3 is 0 Å². The highest BCUT2D eigenvalue weighted by Crippen LogP contribution is 2.28. The number of nitriles is 1. The number of carbonyl (C=O) groups is 1. The van der Waals surface area contributed by atoms with Crippen molar-refractivity contribution in [3.05, 3.63) is 60.2 Å². The maximum absolute atomic E-state index is 12.4. The van der Waals surface area contributed by atoms with Crippen LogP contribution in [0.3, 0.4) is 0 Å². The molecule has 0 fully saturated rings. The molecule has 1 heterocycles. The van der Waals surface area contributed by atoms with E-state index in [4.69, 9.17) is 14.2 Å². The standard InChI is InChI=1S/C24H23N3O4S/c1-29-19-7-4-16(5-8-19)22-9-6-17(15-25)24(27-22)32-11-10-23(28)26-18-12-20(30-2)14-21(13-18)31-3/h4-9,12-14H,10-11H2,1-3H3,(H,26,28). The first-order chi connectivity index (χ1) is 15.6. The number of methoxy groups -OCH3 is 3. The summed E-state index contributed by atoms with van der Waals surface area (Å²) in [5.74, 6) is 2.26. The first-order valence-corrected chi connectivity index (χ1v) is 10.8. The number of nitrogens with zero attached hydrogens (tertiary/aromatic N) is 2. The molecule has 0 aliphatic heterocycles. The van der Waals surface area contributed by atoms with Crippen molar-refractivity contribution in [2.24, 2.45) is 0 Å². The Morgan fingerprint density at radius 1 is 0.969 bits per heavy atom. The molecule has 7 nitrogen and oxygen atoms in total. The average Bonchev–Trinajstić information content (AvgIpc) is 2.83. The van der Waals surface area contributed by atoms with Gasteiger partial charge in [-0.3, -0.25) is 4.79 Å². The number of amides is 1. The van der Waals surface area contributed by atoms with Crippen LogP contribution in [0.25, 0.3) is 11.3 Å². The summed E-state index contributed by atoms with van der Waals surface area (Å²) < 4.78 is 15.6. The molecule has 0 unspecified atom stereocenters. The zero-order valence-electron chi connectivity index (χ0n) is 18.0. The lowest BCUT2D eigenvalue weighted by molar-refractivity contribution is -0.115. The van der Waals surface area contributed by atoms with Crippen LogP contribution in [0.5, 0.6) is 17.2 Å². The fraction of sp³-hybridized carbons (Fsp3) is 0.208. The maximum atomic E-state index is 12.4. The van der Waals surface area contributed by atoms with E-state index < -0.39 is 0 Å². The zero-order chi connectivity index (χ0) is 22.9. The van der Waals surface area contributed by atoms with E-state index >= 15 is 0 Å². The molecule has 0 aliphatic rings. The number of aromatic nitrogens is 1. The molecule has 1 N–H and O–H groups in total. The van der Waals surface area contributed by atoms with Crippen molar-refractivity contribution in [3.63, 3.8) is 0 Å². The third kappa shape index (κ3) is 5.93. The Morgan fingerprint density at radius 2 is 1.62 bits per heavy atom. The quantitative estimate of drug-likeness (QED) is 0.471. The van der Waals surface area contributed by atoms with Gasteiger partial charge in [0.2, 0.25) is 5.91 Å². The number of benzene rings is 2. The molecule has 164 valence electrons. The first-order valence-electron chi connectivity index (χ1n) is 9.77. The van der Waals surface area contributed by atoms with Crippen LogP contribution in [0.2, 0.25) is 0 Å². The number of hydrogen-bond donors (Lipinski definition) is 1. The van der Waals surface area contributed by atoms with Crippen molar-refractivity contribution in [2.75, 3.05) is 32.4 Å². The second-order valence-corrected chi connectivity index (χ2v) is 7.72. The molecule has 3 rings (SSSR count). The van der Waals surface area contributed by atoms with E-state index in [2.05, 4.69) is 16.4 Å². The minimum atomic E-state index is -0.155. The van der Waals surface area contributed by atoms with Crippen molar-refractivity contribution in [2.45, 2.75) is 11.4 Å².